The molecule has 0 fully saturated rings. The summed E-state index contributed by atoms with van der Waals surface area (Å²) in [5, 5.41) is 0. The van der Waals surface area contributed by atoms with Gasteiger partial charge >= 0.3 is 0 Å². The lowest BCUT2D eigenvalue weighted by molar-refractivity contribution is 0.641. The van der Waals surface area contributed by atoms with Gasteiger partial charge in [0.25, 0.3) is 0 Å². The van der Waals surface area contributed by atoms with Crippen LogP contribution in [0.2, 0.25) is 0 Å². The third-order valence-corrected chi connectivity index (χ3v) is 2.35. The second-order valence-electron chi connectivity index (χ2n) is 2.24. The molecule has 0 aliphatic heterocycles. The second-order valence-corrected chi connectivity index (χ2v) is 3.09. The lowest BCUT2D eigenvalue weighted by Gasteiger charge is -1.93. The van der Waals surface area contributed by atoms with Crippen LogP contribution in [-0.4, -0.2) is 4.98 Å². The van der Waals surface area contributed by atoms with Crippen molar-refractivity contribution in [2.45, 2.75) is 0 Å². The Morgan fingerprint density at radius 3 is 3.00 bits per heavy atom. The Bertz CT molecular complexity index is 358. The van der Waals surface area contributed by atoms with E-state index in [0.29, 0.717) is 10.2 Å². The Kier molecular flexibility index (Phi) is 1.39. The lowest BCUT2D eigenvalue weighted by atomic mass is 10.2. The van der Waals surface area contributed by atoms with Crippen molar-refractivity contribution in [1.82, 2.24) is 4.98 Å². The number of nitrogens with zero attached hydrogens (tertiary/aromatic N) is 1. The maximum atomic E-state index is 12.9. The van der Waals surface area contributed by atoms with Gasteiger partial charge in [-0.15, -0.1) is 11.3 Å². The number of rotatable bonds is 0. The first-order chi connectivity index (χ1) is 5.29. The molecule has 0 saturated carbocycles. The minimum Gasteiger partial charge on any atom is -0.244 e. The summed E-state index contributed by atoms with van der Waals surface area (Å²) in [7, 11) is 0. The fraction of sp³-hybridized carbons (Fsp3) is 0. The van der Waals surface area contributed by atoms with E-state index in [1.54, 1.807) is 11.6 Å². The highest BCUT2D eigenvalue weighted by atomic mass is 32.1. The van der Waals surface area contributed by atoms with E-state index < -0.39 is 0 Å². The first kappa shape index (κ1) is 6.73. The number of fused-ring (bicyclic) bond motifs is 1. The fourth-order valence-electron chi connectivity index (χ4n) is 0.973. The maximum absolute atomic E-state index is 12.9. The van der Waals surface area contributed by atoms with Gasteiger partial charge in [0.05, 0.1) is 15.7 Å². The molecule has 1 aromatic carbocycles. The summed E-state index contributed by atoms with van der Waals surface area (Å²) in [5.41, 5.74) is 3.08. The van der Waals surface area contributed by atoms with Crippen LogP contribution in [0.5, 0.6) is 0 Å². The van der Waals surface area contributed by atoms with Crippen LogP contribution in [0.1, 0.15) is 5.56 Å². The average molecular weight is 166 g/mol. The summed E-state index contributed by atoms with van der Waals surface area (Å²) in [6.07, 6.45) is 0. The van der Waals surface area contributed by atoms with Crippen LogP contribution in [0, 0.1) is 12.7 Å². The second kappa shape index (κ2) is 2.27. The molecular formula is C8H5FNS. The summed E-state index contributed by atoms with van der Waals surface area (Å²) in [5.74, 6) is -0.213. The number of benzene rings is 1. The Morgan fingerprint density at radius 1 is 1.45 bits per heavy atom. The van der Waals surface area contributed by atoms with Crippen LogP contribution < -0.4 is 0 Å². The standard InChI is InChI=1S/C8H5FNS/c1-5-2-3-6(9)8-7(5)10-4-11-8/h2-4H,1H2. The van der Waals surface area contributed by atoms with E-state index in [4.69, 9.17) is 0 Å². The van der Waals surface area contributed by atoms with Gasteiger partial charge < -0.3 is 0 Å². The normalized spacial score (nSPS) is 10.7. The zero-order valence-corrected chi connectivity index (χ0v) is 6.49. The highest BCUT2D eigenvalue weighted by Crippen LogP contribution is 2.23. The van der Waals surface area contributed by atoms with E-state index in [-0.39, 0.29) is 5.82 Å². The zero-order valence-electron chi connectivity index (χ0n) is 5.67. The molecule has 0 amide bonds. The molecule has 1 heterocycles. The minimum absolute atomic E-state index is 0.213. The molecule has 0 unspecified atom stereocenters. The molecule has 0 atom stereocenters. The molecule has 0 saturated heterocycles. The van der Waals surface area contributed by atoms with Gasteiger partial charge in [0, 0.05) is 0 Å². The number of hydrogen-bond donors (Lipinski definition) is 0. The summed E-state index contributed by atoms with van der Waals surface area (Å²) in [6.45, 7) is 3.74. The Hall–Kier alpha value is -0.960. The van der Waals surface area contributed by atoms with Crippen molar-refractivity contribution >= 4 is 21.6 Å². The van der Waals surface area contributed by atoms with Crippen molar-refractivity contribution in [2.24, 2.45) is 0 Å². The average Bonchev–Trinajstić information content (AvgIpc) is 2.45. The van der Waals surface area contributed by atoms with Crippen molar-refractivity contribution in [3.63, 3.8) is 0 Å². The molecule has 55 valence electrons. The third-order valence-electron chi connectivity index (χ3n) is 1.52. The van der Waals surface area contributed by atoms with Gasteiger partial charge in [-0.2, -0.15) is 0 Å². The van der Waals surface area contributed by atoms with Crippen molar-refractivity contribution in [2.75, 3.05) is 0 Å². The van der Waals surface area contributed by atoms with Crippen LogP contribution in [0.25, 0.3) is 10.2 Å². The molecule has 0 N–H and O–H groups in total. The van der Waals surface area contributed by atoms with Crippen LogP contribution in [0.15, 0.2) is 17.6 Å². The van der Waals surface area contributed by atoms with Crippen molar-refractivity contribution in [3.05, 3.63) is 35.9 Å². The predicted molar refractivity (Wildman–Crippen MR) is 44.0 cm³/mol. The highest BCUT2D eigenvalue weighted by Gasteiger charge is 2.04. The van der Waals surface area contributed by atoms with Gasteiger partial charge in [0.1, 0.15) is 5.82 Å². The van der Waals surface area contributed by atoms with Gasteiger partial charge in [-0.05, 0) is 18.6 Å². The number of halogens is 1. The number of hydrogen-bond acceptors (Lipinski definition) is 2. The topological polar surface area (TPSA) is 12.9 Å². The summed E-state index contributed by atoms with van der Waals surface area (Å²) >= 11 is 1.30. The molecule has 2 aromatic rings. The van der Waals surface area contributed by atoms with Gasteiger partial charge in [-0.3, -0.25) is 0 Å². The fourth-order valence-corrected chi connectivity index (χ4v) is 1.71. The Balaban J connectivity index is 2.96. The Labute approximate surface area is 67.5 Å². The van der Waals surface area contributed by atoms with Crippen LogP contribution in [0.4, 0.5) is 4.39 Å². The molecule has 2 rings (SSSR count). The summed E-state index contributed by atoms with van der Waals surface area (Å²) in [4.78, 5) is 4.00. The quantitative estimate of drug-likeness (QED) is 0.586. The lowest BCUT2D eigenvalue weighted by Crippen LogP contribution is -1.78. The van der Waals surface area contributed by atoms with Gasteiger partial charge in [0.15, 0.2) is 0 Å². The van der Waals surface area contributed by atoms with Gasteiger partial charge in [0.2, 0.25) is 0 Å². The van der Waals surface area contributed by atoms with Crippen molar-refractivity contribution in [3.8, 4) is 0 Å². The van der Waals surface area contributed by atoms with E-state index in [1.165, 1.54) is 17.4 Å². The molecule has 1 nitrogen and oxygen atoms in total. The summed E-state index contributed by atoms with van der Waals surface area (Å²) < 4.78 is 13.5. The smallest absolute Gasteiger partial charge is 0.142 e. The van der Waals surface area contributed by atoms with Crippen LogP contribution >= 0.6 is 11.3 Å². The van der Waals surface area contributed by atoms with Crippen molar-refractivity contribution < 1.29 is 4.39 Å². The highest BCUT2D eigenvalue weighted by molar-refractivity contribution is 7.16. The first-order valence-electron chi connectivity index (χ1n) is 3.12. The molecule has 0 aliphatic carbocycles. The number of thiazole rings is 1. The van der Waals surface area contributed by atoms with E-state index in [0.717, 1.165) is 5.56 Å². The van der Waals surface area contributed by atoms with E-state index >= 15 is 0 Å². The third kappa shape index (κ3) is 0.922. The number of aromatic nitrogens is 1. The SMILES string of the molecule is [CH2]c1ccc(F)c2scnc12. The van der Waals surface area contributed by atoms with E-state index in [2.05, 4.69) is 11.9 Å². The molecule has 1 aromatic heterocycles. The summed E-state index contributed by atoms with van der Waals surface area (Å²) in [6, 6.07) is 3.06. The Morgan fingerprint density at radius 2 is 2.27 bits per heavy atom. The predicted octanol–water partition coefficient (Wildman–Crippen LogP) is 2.62. The van der Waals surface area contributed by atoms with Crippen LogP contribution in [-0.2, 0) is 0 Å². The van der Waals surface area contributed by atoms with Gasteiger partial charge in [-0.25, -0.2) is 9.37 Å². The minimum atomic E-state index is -0.213. The van der Waals surface area contributed by atoms with Crippen molar-refractivity contribution in [1.29, 1.82) is 0 Å². The molecular weight excluding hydrogens is 161 g/mol. The van der Waals surface area contributed by atoms with Gasteiger partial charge in [-0.1, -0.05) is 6.07 Å². The molecule has 11 heavy (non-hydrogen) atoms. The monoisotopic (exact) mass is 166 g/mol. The van der Waals surface area contributed by atoms with E-state index in [9.17, 15) is 4.39 Å². The molecule has 0 spiro atoms. The molecule has 1 radical (unpaired) electrons. The van der Waals surface area contributed by atoms with Crippen LogP contribution in [0.3, 0.4) is 0 Å². The zero-order chi connectivity index (χ0) is 7.84. The largest absolute Gasteiger partial charge is 0.244 e. The van der Waals surface area contributed by atoms with E-state index in [1.807, 2.05) is 0 Å². The molecule has 0 aliphatic rings. The maximum Gasteiger partial charge on any atom is 0.142 e. The molecule has 0 bridgehead atoms. The first-order valence-corrected chi connectivity index (χ1v) is 4.00. The molecule has 3 heteroatoms.